The Morgan fingerprint density at radius 1 is 1.21 bits per heavy atom. The maximum atomic E-state index is 13.8. The largest absolute Gasteiger partial charge is 0.431 e. The molecule has 1 unspecified atom stereocenters. The van der Waals surface area contributed by atoms with Crippen molar-refractivity contribution < 1.29 is 31.8 Å². The van der Waals surface area contributed by atoms with E-state index >= 15 is 0 Å². The number of alkyl halides is 4. The third-order valence-corrected chi connectivity index (χ3v) is 2.46. The van der Waals surface area contributed by atoms with Crippen LogP contribution in [0.1, 0.15) is 25.7 Å². The number of rotatable bonds is 9. The van der Waals surface area contributed by atoms with Crippen LogP contribution in [-0.4, -0.2) is 30.9 Å². The summed E-state index contributed by atoms with van der Waals surface area (Å²) < 4.78 is 63.0. The first kappa shape index (κ1) is 17.8. The van der Waals surface area contributed by atoms with Crippen LogP contribution in [0.25, 0.3) is 0 Å². The number of carbonyl (C=O) groups is 1. The Labute approximate surface area is 107 Å². The van der Waals surface area contributed by atoms with Crippen LogP contribution in [0.15, 0.2) is 12.7 Å². The Morgan fingerprint density at radius 3 is 2.32 bits per heavy atom. The minimum atomic E-state index is -5.30. The van der Waals surface area contributed by atoms with Crippen LogP contribution < -0.4 is 5.32 Å². The van der Waals surface area contributed by atoms with Crippen LogP contribution >= 0.6 is 0 Å². The molecule has 19 heavy (non-hydrogen) atoms. The molecule has 0 spiro atoms. The van der Waals surface area contributed by atoms with Gasteiger partial charge in [0, 0.05) is 6.54 Å². The summed E-state index contributed by atoms with van der Waals surface area (Å²) in [6.07, 6.45) is -5.09. The average molecular weight is 289 g/mol. The van der Waals surface area contributed by atoms with Gasteiger partial charge in [0.25, 0.3) is 11.6 Å². The molecule has 0 aliphatic rings. The van der Waals surface area contributed by atoms with Crippen LogP contribution in [0.4, 0.5) is 22.1 Å². The van der Waals surface area contributed by atoms with Gasteiger partial charge in [0.05, 0.1) is 6.61 Å². The lowest BCUT2D eigenvalue weighted by molar-refractivity contribution is -0.229. The molecule has 0 aromatic heterocycles. The fraction of sp³-hybridized carbons (Fsp3) is 0.727. The van der Waals surface area contributed by atoms with Gasteiger partial charge in [-0.3, -0.25) is 4.79 Å². The van der Waals surface area contributed by atoms with Gasteiger partial charge in [-0.05, 0) is 23.8 Å². The molecule has 1 amide bonds. The maximum absolute atomic E-state index is 13.8. The zero-order chi connectivity index (χ0) is 14.9. The van der Waals surface area contributed by atoms with Gasteiger partial charge >= 0.3 is 6.18 Å². The van der Waals surface area contributed by atoms with E-state index in [4.69, 9.17) is 0 Å². The Bertz CT molecular complexity index is 295. The van der Waals surface area contributed by atoms with Crippen LogP contribution in [0, 0.1) is 0 Å². The van der Waals surface area contributed by atoms with Crippen LogP contribution in [0.3, 0.4) is 0 Å². The Balaban J connectivity index is 4.52. The molecule has 0 aromatic rings. The molecular formula is C11H16F5NO2. The molecule has 1 atom stereocenters. The van der Waals surface area contributed by atoms with Crippen molar-refractivity contribution in [3.8, 4) is 0 Å². The first-order valence-corrected chi connectivity index (χ1v) is 5.68. The van der Waals surface area contributed by atoms with Gasteiger partial charge in [0.2, 0.25) is 0 Å². The highest BCUT2D eigenvalue weighted by atomic mass is 19.4. The van der Waals surface area contributed by atoms with Crippen molar-refractivity contribution in [2.45, 2.75) is 37.5 Å². The first-order chi connectivity index (χ1) is 8.79. The highest BCUT2D eigenvalue weighted by molar-refractivity contribution is 5.86. The summed E-state index contributed by atoms with van der Waals surface area (Å²) in [5.41, 5.74) is -3.94. The molecule has 0 bridgehead atoms. The van der Waals surface area contributed by atoms with E-state index in [1.165, 1.54) is 0 Å². The second-order valence-corrected chi connectivity index (χ2v) is 3.92. The lowest BCUT2D eigenvalue weighted by Gasteiger charge is -2.26. The second kappa shape index (κ2) is 8.08. The molecule has 0 saturated heterocycles. The molecule has 0 heterocycles. The van der Waals surface area contributed by atoms with Crippen LogP contribution in [0.2, 0.25) is 0 Å². The van der Waals surface area contributed by atoms with Gasteiger partial charge in [-0.2, -0.15) is 18.1 Å². The number of carbonyl (C=O) groups excluding carboxylic acids is 1. The molecule has 0 rings (SSSR count). The highest BCUT2D eigenvalue weighted by Gasteiger charge is 2.60. The van der Waals surface area contributed by atoms with Gasteiger partial charge < -0.3 is 5.32 Å². The summed E-state index contributed by atoms with van der Waals surface area (Å²) in [6.45, 7) is 2.68. The third kappa shape index (κ3) is 5.54. The van der Waals surface area contributed by atoms with E-state index < -0.39 is 24.2 Å². The van der Waals surface area contributed by atoms with Crippen molar-refractivity contribution in [1.29, 1.82) is 0 Å². The van der Waals surface area contributed by atoms with Crippen molar-refractivity contribution in [3.63, 3.8) is 0 Å². The van der Waals surface area contributed by atoms with E-state index in [2.05, 4.69) is 11.5 Å². The summed E-state index contributed by atoms with van der Waals surface area (Å²) >= 11 is 0. The summed E-state index contributed by atoms with van der Waals surface area (Å²) in [5.74, 6) is -1.73. The lowest BCUT2D eigenvalue weighted by Crippen LogP contribution is -2.53. The monoisotopic (exact) mass is 289 g/mol. The summed E-state index contributed by atoms with van der Waals surface area (Å²) in [7, 11) is 0. The average Bonchev–Trinajstić information content (AvgIpc) is 2.33. The van der Waals surface area contributed by atoms with Gasteiger partial charge in [0.1, 0.15) is 0 Å². The van der Waals surface area contributed by atoms with E-state index in [-0.39, 0.29) is 32.4 Å². The smallest absolute Gasteiger partial charge is 0.350 e. The normalized spacial score (nSPS) is 14.8. The Morgan fingerprint density at radius 2 is 1.84 bits per heavy atom. The molecule has 0 saturated carbocycles. The van der Waals surface area contributed by atoms with Crippen LogP contribution in [-0.2, 0) is 9.74 Å². The Kier molecular flexibility index (Phi) is 7.58. The quantitative estimate of drug-likeness (QED) is 0.402. The number of unbranched alkanes of at least 4 members (excludes halogenated alkanes) is 2. The number of nitrogens with one attached hydrogen (secondary N) is 1. The molecule has 8 heteroatoms. The standard InChI is InChI=1S/C11H16F5NO2/c1-2-7-17-9(18)10(12,11(13,14)15)6-4-3-5-8-19-16/h2H,1,3-8H2,(H,17,18). The highest BCUT2D eigenvalue weighted by Crippen LogP contribution is 2.38. The van der Waals surface area contributed by atoms with Gasteiger partial charge in [-0.1, -0.05) is 12.5 Å². The predicted octanol–water partition coefficient (Wildman–Crippen LogP) is 3.02. The molecule has 0 aliphatic heterocycles. The maximum Gasteiger partial charge on any atom is 0.431 e. The first-order valence-electron chi connectivity index (χ1n) is 5.68. The number of halogens is 5. The lowest BCUT2D eigenvalue weighted by atomic mass is 9.96. The molecule has 0 radical (unpaired) electrons. The minimum Gasteiger partial charge on any atom is -0.350 e. The SMILES string of the molecule is C=CCNC(=O)C(F)(CCCCCOF)C(F)(F)F. The molecule has 0 aliphatic carbocycles. The summed E-state index contributed by atoms with van der Waals surface area (Å²) in [6, 6.07) is 0. The van der Waals surface area contributed by atoms with Gasteiger partial charge in [-0.25, -0.2) is 4.39 Å². The zero-order valence-electron chi connectivity index (χ0n) is 10.2. The van der Waals surface area contributed by atoms with E-state index in [0.29, 0.717) is 0 Å². The molecule has 3 nitrogen and oxygen atoms in total. The number of amides is 1. The Hall–Kier alpha value is -1.18. The minimum absolute atomic E-state index is 0.125. The molecule has 0 aromatic carbocycles. The van der Waals surface area contributed by atoms with Crippen molar-refractivity contribution in [3.05, 3.63) is 12.7 Å². The van der Waals surface area contributed by atoms with E-state index in [1.54, 1.807) is 5.32 Å². The fourth-order valence-corrected chi connectivity index (χ4v) is 1.39. The van der Waals surface area contributed by atoms with Gasteiger partial charge in [0.15, 0.2) is 0 Å². The van der Waals surface area contributed by atoms with Crippen molar-refractivity contribution in [1.82, 2.24) is 5.32 Å². The molecular weight excluding hydrogens is 273 g/mol. The van der Waals surface area contributed by atoms with Crippen molar-refractivity contribution in [2.24, 2.45) is 0 Å². The second-order valence-electron chi connectivity index (χ2n) is 3.92. The third-order valence-electron chi connectivity index (χ3n) is 2.46. The number of hydrogen-bond donors (Lipinski definition) is 1. The molecule has 112 valence electrons. The number of hydrogen-bond acceptors (Lipinski definition) is 2. The zero-order valence-corrected chi connectivity index (χ0v) is 10.2. The van der Waals surface area contributed by atoms with E-state index in [9.17, 15) is 26.9 Å². The van der Waals surface area contributed by atoms with E-state index in [1.807, 2.05) is 0 Å². The van der Waals surface area contributed by atoms with Crippen LogP contribution in [0.5, 0.6) is 0 Å². The van der Waals surface area contributed by atoms with Crippen molar-refractivity contribution >= 4 is 5.91 Å². The topological polar surface area (TPSA) is 38.3 Å². The molecule has 0 fully saturated rings. The fourth-order valence-electron chi connectivity index (χ4n) is 1.39. The predicted molar refractivity (Wildman–Crippen MR) is 58.6 cm³/mol. The summed E-state index contributed by atoms with van der Waals surface area (Å²) in [5, 5.41) is 1.79. The molecule has 1 N–H and O–H groups in total. The van der Waals surface area contributed by atoms with Gasteiger partial charge in [-0.15, -0.1) is 6.58 Å². The van der Waals surface area contributed by atoms with E-state index in [0.717, 1.165) is 6.08 Å². The van der Waals surface area contributed by atoms with Crippen molar-refractivity contribution in [2.75, 3.05) is 13.2 Å². The summed E-state index contributed by atoms with van der Waals surface area (Å²) in [4.78, 5) is 14.5.